The van der Waals surface area contributed by atoms with Crippen LogP contribution >= 0.6 is 0 Å². The largest absolute Gasteiger partial charge is 0.496 e. The summed E-state index contributed by atoms with van der Waals surface area (Å²) in [5.74, 6) is 1.94. The Kier molecular flexibility index (Phi) is 3.88. The number of benzene rings is 2. The van der Waals surface area contributed by atoms with Crippen molar-refractivity contribution < 1.29 is 22.6 Å². The fraction of sp³-hybridized carbons (Fsp3) is 0.400. The van der Waals surface area contributed by atoms with Crippen LogP contribution in [0.25, 0.3) is 11.1 Å². The molecule has 2 fully saturated rings. The maximum absolute atomic E-state index is 13.1. The highest BCUT2D eigenvalue weighted by atomic mass is 32.2. The van der Waals surface area contributed by atoms with Crippen LogP contribution in [0.1, 0.15) is 0 Å². The summed E-state index contributed by atoms with van der Waals surface area (Å²) in [6, 6.07) is 10.6. The Hall–Kier alpha value is -2.29. The van der Waals surface area contributed by atoms with E-state index in [1.165, 1.54) is 0 Å². The van der Waals surface area contributed by atoms with E-state index in [0.717, 1.165) is 18.7 Å². The molecule has 0 saturated carbocycles. The van der Waals surface area contributed by atoms with Crippen LogP contribution in [0.3, 0.4) is 0 Å². The molecular weight excluding hydrogens is 380 g/mol. The van der Waals surface area contributed by atoms with Gasteiger partial charge in [0.05, 0.1) is 12.0 Å². The minimum Gasteiger partial charge on any atom is -0.496 e. The van der Waals surface area contributed by atoms with E-state index in [1.54, 1.807) is 29.6 Å². The topological polar surface area (TPSA) is 68.3 Å². The molecule has 3 heterocycles. The van der Waals surface area contributed by atoms with Crippen molar-refractivity contribution in [2.75, 3.05) is 47.1 Å². The van der Waals surface area contributed by atoms with Crippen LogP contribution in [0.2, 0.25) is 0 Å². The number of methoxy groups -OCH3 is 1. The highest BCUT2D eigenvalue weighted by Crippen LogP contribution is 2.43. The number of hydrogen-bond donors (Lipinski definition) is 0. The van der Waals surface area contributed by atoms with Gasteiger partial charge in [0.1, 0.15) is 5.75 Å². The van der Waals surface area contributed by atoms with Gasteiger partial charge in [0.25, 0.3) is 0 Å². The Morgan fingerprint density at radius 3 is 2.46 bits per heavy atom. The van der Waals surface area contributed by atoms with Gasteiger partial charge in [-0.05, 0) is 42.9 Å². The Morgan fingerprint density at radius 2 is 1.75 bits per heavy atom. The van der Waals surface area contributed by atoms with Crippen LogP contribution in [-0.2, 0) is 10.0 Å². The van der Waals surface area contributed by atoms with E-state index in [0.29, 0.717) is 35.9 Å². The molecule has 148 valence electrons. The summed E-state index contributed by atoms with van der Waals surface area (Å²) in [5.41, 5.74) is 1.67. The molecule has 0 unspecified atom stereocenters. The molecule has 1 spiro atoms. The zero-order valence-corrected chi connectivity index (χ0v) is 16.7. The lowest BCUT2D eigenvalue weighted by atomic mass is 9.75. The zero-order chi connectivity index (χ0) is 19.5. The van der Waals surface area contributed by atoms with Crippen LogP contribution in [0.4, 0.5) is 0 Å². The van der Waals surface area contributed by atoms with Gasteiger partial charge in [0, 0.05) is 37.2 Å². The molecule has 0 atom stereocenters. The van der Waals surface area contributed by atoms with Gasteiger partial charge in [-0.1, -0.05) is 6.07 Å². The molecule has 2 aromatic carbocycles. The van der Waals surface area contributed by atoms with Gasteiger partial charge in [-0.15, -0.1) is 0 Å². The standard InChI is InChI=1S/C20H22N2O5S/c1-21-9-20(10-21)11-22(12-20)28(23,24)15-4-6-17(25-2)16(8-15)14-3-5-18-19(7-14)27-13-26-18/h3-8H,9-13H2,1-2H3. The summed E-state index contributed by atoms with van der Waals surface area (Å²) >= 11 is 0. The fourth-order valence-corrected chi connectivity index (χ4v) is 6.15. The number of likely N-dealkylation sites (tertiary alicyclic amines) is 1. The van der Waals surface area contributed by atoms with E-state index >= 15 is 0 Å². The Balaban J connectivity index is 1.47. The third-order valence-corrected chi connectivity index (χ3v) is 7.51. The second-order valence-electron chi connectivity index (χ2n) is 7.88. The van der Waals surface area contributed by atoms with E-state index in [1.807, 2.05) is 18.2 Å². The predicted octanol–water partition coefficient (Wildman–Crippen LogP) is 2.03. The number of rotatable bonds is 4. The van der Waals surface area contributed by atoms with Crippen LogP contribution in [0.5, 0.6) is 17.2 Å². The van der Waals surface area contributed by atoms with E-state index < -0.39 is 10.0 Å². The van der Waals surface area contributed by atoms with Crippen molar-refractivity contribution in [2.24, 2.45) is 5.41 Å². The average Bonchev–Trinajstić information content (AvgIpc) is 3.10. The monoisotopic (exact) mass is 402 g/mol. The molecule has 0 N–H and O–H groups in total. The molecule has 2 saturated heterocycles. The van der Waals surface area contributed by atoms with Gasteiger partial charge in [0.15, 0.2) is 11.5 Å². The van der Waals surface area contributed by atoms with Crippen molar-refractivity contribution in [3.63, 3.8) is 0 Å². The first-order valence-corrected chi connectivity index (χ1v) is 10.6. The predicted molar refractivity (Wildman–Crippen MR) is 103 cm³/mol. The summed E-state index contributed by atoms with van der Waals surface area (Å²) in [5, 5.41) is 0. The Morgan fingerprint density at radius 1 is 1.00 bits per heavy atom. The van der Waals surface area contributed by atoms with Gasteiger partial charge in [-0.3, -0.25) is 0 Å². The maximum atomic E-state index is 13.1. The molecular formula is C20H22N2O5S. The third-order valence-electron chi connectivity index (χ3n) is 5.73. The molecule has 5 rings (SSSR count). The van der Waals surface area contributed by atoms with E-state index in [2.05, 4.69) is 11.9 Å². The average molecular weight is 402 g/mol. The van der Waals surface area contributed by atoms with Crippen molar-refractivity contribution in [1.82, 2.24) is 9.21 Å². The molecule has 3 aliphatic rings. The number of fused-ring (bicyclic) bond motifs is 1. The molecule has 8 heteroatoms. The second-order valence-corrected chi connectivity index (χ2v) is 9.81. The molecule has 28 heavy (non-hydrogen) atoms. The zero-order valence-electron chi connectivity index (χ0n) is 15.8. The van der Waals surface area contributed by atoms with Crippen molar-refractivity contribution in [1.29, 1.82) is 0 Å². The smallest absolute Gasteiger partial charge is 0.243 e. The lowest BCUT2D eigenvalue weighted by Gasteiger charge is -2.58. The van der Waals surface area contributed by atoms with Crippen LogP contribution < -0.4 is 14.2 Å². The highest BCUT2D eigenvalue weighted by molar-refractivity contribution is 7.89. The minimum absolute atomic E-state index is 0.147. The number of nitrogens with zero attached hydrogens (tertiary/aromatic N) is 2. The van der Waals surface area contributed by atoms with Gasteiger partial charge in [-0.2, -0.15) is 4.31 Å². The number of hydrogen-bond acceptors (Lipinski definition) is 6. The lowest BCUT2D eigenvalue weighted by Crippen LogP contribution is -2.71. The van der Waals surface area contributed by atoms with Gasteiger partial charge < -0.3 is 19.1 Å². The first-order valence-electron chi connectivity index (χ1n) is 9.17. The highest BCUT2D eigenvalue weighted by Gasteiger charge is 2.54. The van der Waals surface area contributed by atoms with Crippen LogP contribution in [0, 0.1) is 5.41 Å². The molecule has 0 bridgehead atoms. The minimum atomic E-state index is -3.53. The summed E-state index contributed by atoms with van der Waals surface area (Å²) in [7, 11) is 0.104. The molecule has 0 radical (unpaired) electrons. The second kappa shape index (κ2) is 6.10. The number of sulfonamides is 1. The lowest BCUT2D eigenvalue weighted by molar-refractivity contribution is -0.0672. The molecule has 3 aliphatic heterocycles. The normalized spacial score (nSPS) is 20.6. The Bertz CT molecular complexity index is 1040. The fourth-order valence-electron chi connectivity index (χ4n) is 4.46. The first-order chi connectivity index (χ1) is 13.4. The van der Waals surface area contributed by atoms with E-state index in [4.69, 9.17) is 14.2 Å². The summed E-state index contributed by atoms with van der Waals surface area (Å²) in [6.07, 6.45) is 0. The number of ether oxygens (including phenoxy) is 3. The van der Waals surface area contributed by atoms with Crippen molar-refractivity contribution in [3.8, 4) is 28.4 Å². The molecule has 0 amide bonds. The van der Waals surface area contributed by atoms with Crippen LogP contribution in [0.15, 0.2) is 41.3 Å². The van der Waals surface area contributed by atoms with E-state index in [-0.39, 0.29) is 17.1 Å². The third kappa shape index (κ3) is 2.67. The SMILES string of the molecule is COc1ccc(S(=O)(=O)N2CC3(CN(C)C3)C2)cc1-c1ccc2c(c1)OCO2. The quantitative estimate of drug-likeness (QED) is 0.780. The summed E-state index contributed by atoms with van der Waals surface area (Å²) in [6.45, 7) is 3.29. The van der Waals surface area contributed by atoms with E-state index in [9.17, 15) is 8.42 Å². The molecule has 0 aliphatic carbocycles. The van der Waals surface area contributed by atoms with Gasteiger partial charge in [-0.25, -0.2) is 8.42 Å². The van der Waals surface area contributed by atoms with Crippen molar-refractivity contribution >= 4 is 10.0 Å². The van der Waals surface area contributed by atoms with Crippen LogP contribution in [-0.4, -0.2) is 64.8 Å². The van der Waals surface area contributed by atoms with Crippen molar-refractivity contribution in [2.45, 2.75) is 4.90 Å². The molecule has 2 aromatic rings. The van der Waals surface area contributed by atoms with Gasteiger partial charge in [0.2, 0.25) is 16.8 Å². The molecule has 0 aromatic heterocycles. The summed E-state index contributed by atoms with van der Waals surface area (Å²) in [4.78, 5) is 2.50. The maximum Gasteiger partial charge on any atom is 0.243 e. The Labute approximate surface area is 164 Å². The van der Waals surface area contributed by atoms with Crippen molar-refractivity contribution in [3.05, 3.63) is 36.4 Å². The first kappa shape index (κ1) is 17.8. The van der Waals surface area contributed by atoms with Gasteiger partial charge >= 0.3 is 0 Å². The molecule has 7 nitrogen and oxygen atoms in total. The summed E-state index contributed by atoms with van der Waals surface area (Å²) < 4.78 is 44.1.